The number of nitro benzene ring substituents is 1. The molecule has 1 aliphatic heterocycles. The van der Waals surface area contributed by atoms with E-state index >= 15 is 0 Å². The summed E-state index contributed by atoms with van der Waals surface area (Å²) in [6, 6.07) is 5.10. The lowest BCUT2D eigenvalue weighted by atomic mass is 9.90. The van der Waals surface area contributed by atoms with Crippen molar-refractivity contribution in [1.82, 2.24) is 5.32 Å². The zero-order valence-electron chi connectivity index (χ0n) is 11.2. The summed E-state index contributed by atoms with van der Waals surface area (Å²) in [5.74, 6) is 0.285. The number of nitrogens with zero attached hydrogens (tertiary/aromatic N) is 1. The number of benzene rings is 1. The van der Waals surface area contributed by atoms with Gasteiger partial charge in [-0.25, -0.2) is 0 Å². The molecular formula is C13H19N3O3. The molecule has 0 atom stereocenters. The average Bonchev–Trinajstić information content (AvgIpc) is 2.38. The van der Waals surface area contributed by atoms with Gasteiger partial charge in [0.15, 0.2) is 5.75 Å². The minimum atomic E-state index is -0.397. The molecule has 0 aliphatic carbocycles. The molecule has 0 aromatic heterocycles. The summed E-state index contributed by atoms with van der Waals surface area (Å²) < 4.78 is 5.08. The van der Waals surface area contributed by atoms with Crippen LogP contribution in [0.5, 0.6) is 5.75 Å². The molecule has 6 heteroatoms. The molecule has 2 rings (SSSR count). The second kappa shape index (κ2) is 5.44. The van der Waals surface area contributed by atoms with Gasteiger partial charge >= 0.3 is 5.69 Å². The molecule has 0 radical (unpaired) electrons. The molecule has 0 saturated carbocycles. The Balaban J connectivity index is 2.31. The van der Waals surface area contributed by atoms with E-state index in [0.29, 0.717) is 5.69 Å². The third kappa shape index (κ3) is 2.96. The number of nitro groups is 1. The van der Waals surface area contributed by atoms with E-state index in [1.807, 2.05) is 0 Å². The van der Waals surface area contributed by atoms with Gasteiger partial charge in [0, 0.05) is 5.54 Å². The molecular weight excluding hydrogens is 246 g/mol. The van der Waals surface area contributed by atoms with Gasteiger partial charge in [-0.3, -0.25) is 10.1 Å². The number of piperidine rings is 1. The molecule has 0 spiro atoms. The summed E-state index contributed by atoms with van der Waals surface area (Å²) in [4.78, 5) is 10.8. The lowest BCUT2D eigenvalue weighted by Crippen LogP contribution is -2.45. The van der Waals surface area contributed by atoms with Crippen LogP contribution in [0.1, 0.15) is 19.8 Å². The first-order chi connectivity index (χ1) is 9.06. The molecule has 6 nitrogen and oxygen atoms in total. The first-order valence-corrected chi connectivity index (χ1v) is 6.36. The SMILES string of the molecule is COc1cccc(NC2(C)CCNCC2)c1[N+](=O)[O-]. The number of nitrogens with one attached hydrogen (secondary N) is 2. The van der Waals surface area contributed by atoms with Crippen LogP contribution in [-0.2, 0) is 0 Å². The second-order valence-electron chi connectivity index (χ2n) is 5.05. The fourth-order valence-electron chi connectivity index (χ4n) is 2.40. The Bertz CT molecular complexity index is 470. The Hall–Kier alpha value is -1.82. The zero-order valence-corrected chi connectivity index (χ0v) is 11.2. The van der Waals surface area contributed by atoms with E-state index in [9.17, 15) is 10.1 Å². The normalized spacial score (nSPS) is 17.8. The van der Waals surface area contributed by atoms with Crippen molar-refractivity contribution in [2.24, 2.45) is 0 Å². The van der Waals surface area contributed by atoms with Crippen LogP contribution in [0.25, 0.3) is 0 Å². The number of rotatable bonds is 4. The van der Waals surface area contributed by atoms with Gasteiger partial charge in [0.05, 0.1) is 12.0 Å². The highest BCUT2D eigenvalue weighted by atomic mass is 16.6. The van der Waals surface area contributed by atoms with E-state index in [-0.39, 0.29) is 17.0 Å². The van der Waals surface area contributed by atoms with Crippen molar-refractivity contribution in [3.63, 3.8) is 0 Å². The molecule has 1 fully saturated rings. The van der Waals surface area contributed by atoms with E-state index in [1.165, 1.54) is 7.11 Å². The van der Waals surface area contributed by atoms with Gasteiger partial charge in [-0.2, -0.15) is 0 Å². The van der Waals surface area contributed by atoms with Crippen LogP contribution in [-0.4, -0.2) is 30.7 Å². The largest absolute Gasteiger partial charge is 0.490 e. The van der Waals surface area contributed by atoms with Crippen molar-refractivity contribution in [2.45, 2.75) is 25.3 Å². The summed E-state index contributed by atoms with van der Waals surface area (Å²) in [5.41, 5.74) is 0.404. The zero-order chi connectivity index (χ0) is 13.9. The van der Waals surface area contributed by atoms with Gasteiger partial charge in [-0.1, -0.05) is 6.07 Å². The van der Waals surface area contributed by atoms with Crippen molar-refractivity contribution in [3.8, 4) is 5.75 Å². The van der Waals surface area contributed by atoms with Crippen molar-refractivity contribution in [3.05, 3.63) is 28.3 Å². The van der Waals surface area contributed by atoms with Crippen LogP contribution in [0.2, 0.25) is 0 Å². The third-order valence-electron chi connectivity index (χ3n) is 3.55. The lowest BCUT2D eigenvalue weighted by Gasteiger charge is -2.35. The first kappa shape index (κ1) is 13.6. The predicted molar refractivity (Wildman–Crippen MR) is 73.8 cm³/mol. The van der Waals surface area contributed by atoms with Gasteiger partial charge in [-0.15, -0.1) is 0 Å². The fourth-order valence-corrected chi connectivity index (χ4v) is 2.40. The topological polar surface area (TPSA) is 76.4 Å². The van der Waals surface area contributed by atoms with E-state index in [4.69, 9.17) is 4.74 Å². The Labute approximate surface area is 112 Å². The predicted octanol–water partition coefficient (Wildman–Crippen LogP) is 2.16. The van der Waals surface area contributed by atoms with Crippen molar-refractivity contribution in [1.29, 1.82) is 0 Å². The summed E-state index contributed by atoms with van der Waals surface area (Å²) in [7, 11) is 1.44. The molecule has 104 valence electrons. The van der Waals surface area contributed by atoms with E-state index in [1.54, 1.807) is 18.2 Å². The summed E-state index contributed by atoms with van der Waals surface area (Å²) in [6.45, 7) is 3.93. The second-order valence-corrected chi connectivity index (χ2v) is 5.05. The van der Waals surface area contributed by atoms with Crippen molar-refractivity contribution >= 4 is 11.4 Å². The molecule has 1 heterocycles. The lowest BCUT2D eigenvalue weighted by molar-refractivity contribution is -0.384. The molecule has 0 bridgehead atoms. The Morgan fingerprint density at radius 3 is 2.68 bits per heavy atom. The molecule has 2 N–H and O–H groups in total. The molecule has 1 aliphatic rings. The number of anilines is 1. The van der Waals surface area contributed by atoms with E-state index in [0.717, 1.165) is 25.9 Å². The van der Waals surface area contributed by atoms with Crippen LogP contribution < -0.4 is 15.4 Å². The Morgan fingerprint density at radius 2 is 2.11 bits per heavy atom. The maximum Gasteiger partial charge on any atom is 0.333 e. The van der Waals surface area contributed by atoms with Crippen LogP contribution in [0, 0.1) is 10.1 Å². The number of methoxy groups -OCH3 is 1. The molecule has 1 aromatic carbocycles. The minimum absolute atomic E-state index is 0.00441. The van der Waals surface area contributed by atoms with E-state index in [2.05, 4.69) is 17.6 Å². The first-order valence-electron chi connectivity index (χ1n) is 6.36. The van der Waals surface area contributed by atoms with Gasteiger partial charge in [0.2, 0.25) is 0 Å². The standard InChI is InChI=1S/C13H19N3O3/c1-13(6-8-14-9-7-13)15-10-4-3-5-11(19-2)12(10)16(17)18/h3-5,14-15H,6-9H2,1-2H3. The number of para-hydroxylation sites is 1. The minimum Gasteiger partial charge on any atom is -0.490 e. The Morgan fingerprint density at radius 1 is 1.42 bits per heavy atom. The van der Waals surface area contributed by atoms with Crippen molar-refractivity contribution in [2.75, 3.05) is 25.5 Å². The quantitative estimate of drug-likeness (QED) is 0.644. The highest BCUT2D eigenvalue weighted by Gasteiger charge is 2.30. The van der Waals surface area contributed by atoms with Crippen LogP contribution in [0.15, 0.2) is 18.2 Å². The molecule has 1 aromatic rings. The molecule has 1 saturated heterocycles. The molecule has 0 amide bonds. The Kier molecular flexibility index (Phi) is 3.90. The van der Waals surface area contributed by atoms with Gasteiger partial charge in [0.25, 0.3) is 0 Å². The highest BCUT2D eigenvalue weighted by molar-refractivity contribution is 5.69. The summed E-state index contributed by atoms with van der Waals surface area (Å²) in [5, 5.41) is 17.8. The maximum atomic E-state index is 11.2. The molecule has 19 heavy (non-hydrogen) atoms. The molecule has 0 unspecified atom stereocenters. The van der Waals surface area contributed by atoms with Crippen molar-refractivity contribution < 1.29 is 9.66 Å². The van der Waals surface area contributed by atoms with Crippen LogP contribution >= 0.6 is 0 Å². The smallest absolute Gasteiger partial charge is 0.333 e. The van der Waals surface area contributed by atoms with Crippen LogP contribution in [0.3, 0.4) is 0 Å². The van der Waals surface area contributed by atoms with Crippen LogP contribution in [0.4, 0.5) is 11.4 Å². The van der Waals surface area contributed by atoms with Gasteiger partial charge in [0.1, 0.15) is 5.69 Å². The highest BCUT2D eigenvalue weighted by Crippen LogP contribution is 2.37. The number of hydrogen-bond acceptors (Lipinski definition) is 5. The van der Waals surface area contributed by atoms with Gasteiger partial charge < -0.3 is 15.4 Å². The fraction of sp³-hybridized carbons (Fsp3) is 0.538. The number of ether oxygens (including phenoxy) is 1. The number of hydrogen-bond donors (Lipinski definition) is 2. The summed E-state index contributed by atoms with van der Waals surface area (Å²) in [6.07, 6.45) is 1.86. The average molecular weight is 265 g/mol. The van der Waals surface area contributed by atoms with E-state index < -0.39 is 4.92 Å². The maximum absolute atomic E-state index is 11.2. The van der Waals surface area contributed by atoms with Gasteiger partial charge in [-0.05, 0) is 45.0 Å². The monoisotopic (exact) mass is 265 g/mol. The third-order valence-corrected chi connectivity index (χ3v) is 3.55. The summed E-state index contributed by atoms with van der Waals surface area (Å²) >= 11 is 0.